The minimum atomic E-state index is -0.333. The van der Waals surface area contributed by atoms with Gasteiger partial charge in [0.25, 0.3) is 5.91 Å². The molecule has 2 aromatic rings. The summed E-state index contributed by atoms with van der Waals surface area (Å²) in [7, 11) is 4.18. The monoisotopic (exact) mass is 341 g/mol. The summed E-state index contributed by atoms with van der Waals surface area (Å²) >= 11 is 0. The summed E-state index contributed by atoms with van der Waals surface area (Å²) in [4.78, 5) is 14.4. The van der Waals surface area contributed by atoms with Crippen molar-refractivity contribution < 1.29 is 4.79 Å². The molecule has 0 spiro atoms. The van der Waals surface area contributed by atoms with Gasteiger partial charge in [-0.15, -0.1) is 0 Å². The quantitative estimate of drug-likeness (QED) is 0.753. The first-order valence-electron chi connectivity index (χ1n) is 9.19. The maximum atomic E-state index is 12.2. The number of benzene rings is 1. The second-order valence-corrected chi connectivity index (χ2v) is 6.92. The minimum Gasteiger partial charge on any atom is -0.366 e. The molecule has 0 atom stereocenters. The Morgan fingerprint density at radius 3 is 2.40 bits per heavy atom. The maximum Gasteiger partial charge on any atom is 0.251 e. The Hall–Kier alpha value is -2.07. The number of nitrogens with two attached hydrogens (primary N) is 1. The average molecular weight is 341 g/mol. The zero-order chi connectivity index (χ0) is 18.4. The summed E-state index contributed by atoms with van der Waals surface area (Å²) in [6.07, 6.45) is 4.25. The van der Waals surface area contributed by atoms with Crippen LogP contribution in [0.25, 0.3) is 11.1 Å². The van der Waals surface area contributed by atoms with E-state index in [9.17, 15) is 4.79 Å². The number of carbonyl (C=O) groups excluding carboxylic acids is 1. The molecule has 0 fully saturated rings. The topological polar surface area (TPSA) is 51.3 Å². The van der Waals surface area contributed by atoms with Crippen LogP contribution >= 0.6 is 0 Å². The van der Waals surface area contributed by atoms with Crippen molar-refractivity contribution in [2.24, 2.45) is 5.73 Å². The van der Waals surface area contributed by atoms with Crippen molar-refractivity contribution in [1.82, 2.24) is 9.47 Å². The van der Waals surface area contributed by atoms with Crippen molar-refractivity contribution in [2.45, 2.75) is 46.1 Å². The van der Waals surface area contributed by atoms with Gasteiger partial charge < -0.3 is 15.2 Å². The molecule has 0 saturated carbocycles. The predicted octanol–water partition coefficient (Wildman–Crippen LogP) is 3.86. The highest BCUT2D eigenvalue weighted by molar-refractivity contribution is 6.02. The summed E-state index contributed by atoms with van der Waals surface area (Å²) in [6, 6.07) is 10.2. The number of unbranched alkanes of at least 4 members (excludes halogenated alkanes) is 1. The van der Waals surface area contributed by atoms with Gasteiger partial charge in [-0.3, -0.25) is 4.79 Å². The van der Waals surface area contributed by atoms with Gasteiger partial charge in [-0.2, -0.15) is 0 Å². The molecule has 1 aromatic carbocycles. The van der Waals surface area contributed by atoms with Crippen molar-refractivity contribution in [3.63, 3.8) is 0 Å². The molecule has 4 heteroatoms. The number of primary amides is 1. The van der Waals surface area contributed by atoms with Crippen LogP contribution < -0.4 is 5.73 Å². The van der Waals surface area contributed by atoms with Crippen LogP contribution in [-0.4, -0.2) is 36.0 Å². The normalized spacial score (nSPS) is 11.2. The molecule has 4 nitrogen and oxygen atoms in total. The van der Waals surface area contributed by atoms with Crippen molar-refractivity contribution in [3.05, 3.63) is 47.3 Å². The summed E-state index contributed by atoms with van der Waals surface area (Å²) in [6.45, 7) is 6.16. The molecule has 0 bridgehead atoms. The van der Waals surface area contributed by atoms with Crippen LogP contribution in [0.1, 0.15) is 47.9 Å². The molecule has 0 saturated heterocycles. The molecule has 0 aliphatic heterocycles. The van der Waals surface area contributed by atoms with Crippen LogP contribution in [0.15, 0.2) is 30.3 Å². The van der Waals surface area contributed by atoms with E-state index in [0.717, 1.165) is 55.6 Å². The molecule has 136 valence electrons. The zero-order valence-electron chi connectivity index (χ0n) is 16.0. The third kappa shape index (κ3) is 4.51. The second-order valence-electron chi connectivity index (χ2n) is 6.92. The SMILES string of the molecule is CCCCc1c(-c2ccccc2)c(C(N)=O)c(C)n1CCCN(C)C. The Kier molecular flexibility index (Phi) is 6.82. The number of carbonyl (C=O) groups is 1. The van der Waals surface area contributed by atoms with Crippen LogP contribution in [-0.2, 0) is 13.0 Å². The molecular formula is C21H31N3O. The lowest BCUT2D eigenvalue weighted by Gasteiger charge is -2.15. The summed E-state index contributed by atoms with van der Waals surface area (Å²) in [5, 5.41) is 0. The van der Waals surface area contributed by atoms with Crippen molar-refractivity contribution in [3.8, 4) is 11.1 Å². The third-order valence-corrected chi connectivity index (χ3v) is 4.69. The molecule has 2 rings (SSSR count). The number of hydrogen-bond acceptors (Lipinski definition) is 2. The Bertz CT molecular complexity index is 702. The van der Waals surface area contributed by atoms with Gasteiger partial charge in [-0.1, -0.05) is 43.7 Å². The molecule has 25 heavy (non-hydrogen) atoms. The van der Waals surface area contributed by atoms with E-state index in [0.29, 0.717) is 5.56 Å². The molecular weight excluding hydrogens is 310 g/mol. The predicted molar refractivity (Wildman–Crippen MR) is 105 cm³/mol. The number of nitrogens with zero attached hydrogens (tertiary/aromatic N) is 2. The Morgan fingerprint density at radius 1 is 1.16 bits per heavy atom. The summed E-state index contributed by atoms with van der Waals surface area (Å²) < 4.78 is 2.32. The number of amides is 1. The average Bonchev–Trinajstić information content (AvgIpc) is 2.86. The van der Waals surface area contributed by atoms with Gasteiger partial charge in [0.05, 0.1) is 5.56 Å². The molecule has 0 unspecified atom stereocenters. The number of hydrogen-bond donors (Lipinski definition) is 1. The van der Waals surface area contributed by atoms with Crippen molar-refractivity contribution in [1.29, 1.82) is 0 Å². The molecule has 2 N–H and O–H groups in total. The van der Waals surface area contributed by atoms with Gasteiger partial charge in [0, 0.05) is 23.5 Å². The van der Waals surface area contributed by atoms with Gasteiger partial charge in [-0.05, 0) is 52.4 Å². The molecule has 0 aliphatic rings. The van der Waals surface area contributed by atoms with E-state index in [2.05, 4.69) is 42.6 Å². The van der Waals surface area contributed by atoms with E-state index in [1.165, 1.54) is 5.69 Å². The van der Waals surface area contributed by atoms with E-state index in [1.54, 1.807) is 0 Å². The highest BCUT2D eigenvalue weighted by Crippen LogP contribution is 2.34. The number of rotatable bonds is 9. The van der Waals surface area contributed by atoms with E-state index in [4.69, 9.17) is 5.73 Å². The smallest absolute Gasteiger partial charge is 0.251 e. The van der Waals surface area contributed by atoms with E-state index in [-0.39, 0.29) is 5.91 Å². The number of aromatic nitrogens is 1. The van der Waals surface area contributed by atoms with Gasteiger partial charge in [0.2, 0.25) is 0 Å². The van der Waals surface area contributed by atoms with Gasteiger partial charge in [0.15, 0.2) is 0 Å². The van der Waals surface area contributed by atoms with Crippen LogP contribution in [0.4, 0.5) is 0 Å². The summed E-state index contributed by atoms with van der Waals surface area (Å²) in [5.41, 5.74) is 10.8. The fourth-order valence-corrected chi connectivity index (χ4v) is 3.47. The highest BCUT2D eigenvalue weighted by atomic mass is 16.1. The zero-order valence-corrected chi connectivity index (χ0v) is 16.0. The lowest BCUT2D eigenvalue weighted by atomic mass is 9.98. The maximum absolute atomic E-state index is 12.2. The molecule has 0 radical (unpaired) electrons. The van der Waals surface area contributed by atoms with E-state index in [1.807, 2.05) is 25.1 Å². The standard InChI is InChI=1S/C21H31N3O/c1-5-6-13-18-20(17-11-8-7-9-12-17)19(21(22)25)16(2)24(18)15-10-14-23(3)4/h7-9,11-12H,5-6,10,13-15H2,1-4H3,(H2,22,25). The van der Waals surface area contributed by atoms with Gasteiger partial charge in [0.1, 0.15) is 0 Å². The van der Waals surface area contributed by atoms with Crippen LogP contribution in [0.3, 0.4) is 0 Å². The Morgan fingerprint density at radius 2 is 1.84 bits per heavy atom. The van der Waals surface area contributed by atoms with Gasteiger partial charge in [-0.25, -0.2) is 0 Å². The van der Waals surface area contributed by atoms with Crippen LogP contribution in [0.5, 0.6) is 0 Å². The highest BCUT2D eigenvalue weighted by Gasteiger charge is 2.24. The van der Waals surface area contributed by atoms with E-state index >= 15 is 0 Å². The Balaban J connectivity index is 2.55. The Labute approximate surface area is 151 Å². The largest absolute Gasteiger partial charge is 0.366 e. The molecule has 0 aliphatic carbocycles. The molecule has 1 amide bonds. The third-order valence-electron chi connectivity index (χ3n) is 4.69. The summed E-state index contributed by atoms with van der Waals surface area (Å²) in [5.74, 6) is -0.333. The fourth-order valence-electron chi connectivity index (χ4n) is 3.47. The molecule has 1 heterocycles. The van der Waals surface area contributed by atoms with Crippen LogP contribution in [0.2, 0.25) is 0 Å². The molecule has 1 aromatic heterocycles. The lowest BCUT2D eigenvalue weighted by Crippen LogP contribution is -2.17. The first-order valence-corrected chi connectivity index (χ1v) is 9.19. The first kappa shape index (κ1) is 19.3. The second kappa shape index (κ2) is 8.86. The van der Waals surface area contributed by atoms with Crippen molar-refractivity contribution >= 4 is 5.91 Å². The van der Waals surface area contributed by atoms with Crippen LogP contribution in [0, 0.1) is 6.92 Å². The van der Waals surface area contributed by atoms with Crippen molar-refractivity contribution in [2.75, 3.05) is 20.6 Å². The first-order chi connectivity index (χ1) is 12.0. The fraction of sp³-hybridized carbons (Fsp3) is 0.476. The lowest BCUT2D eigenvalue weighted by molar-refractivity contribution is 0.1000. The minimum absolute atomic E-state index is 0.333. The van der Waals surface area contributed by atoms with Gasteiger partial charge >= 0.3 is 0 Å². The van der Waals surface area contributed by atoms with E-state index < -0.39 is 0 Å².